The molecule has 1 heterocycles. The summed E-state index contributed by atoms with van der Waals surface area (Å²) in [7, 11) is 4.27. The first kappa shape index (κ1) is 21.6. The van der Waals surface area contributed by atoms with Crippen molar-refractivity contribution < 1.29 is 37.2 Å². The molecule has 1 N–H and O–H groups in total. The summed E-state index contributed by atoms with van der Waals surface area (Å²) in [5.74, 6) is -2.59. The minimum atomic E-state index is -4.07. The van der Waals surface area contributed by atoms with Gasteiger partial charge in [-0.3, -0.25) is 0 Å². The van der Waals surface area contributed by atoms with Gasteiger partial charge < -0.3 is 24.1 Å². The third-order valence-corrected chi connectivity index (χ3v) is 3.75. The molecule has 1 aliphatic rings. The largest absolute Gasteiger partial charge is 0.391 e. The standard InChI is InChI=1S/C7H11F3O.C7H16O4/c8-7(9,10)5-6-3-1-2-4-11-6;1-6(8,9-3)7(2,10-4)11-5/h6H,1-5H2;8H,1-5H3. The van der Waals surface area contributed by atoms with Gasteiger partial charge in [0.1, 0.15) is 0 Å². The van der Waals surface area contributed by atoms with Gasteiger partial charge in [0, 0.05) is 27.9 Å². The molecule has 134 valence electrons. The van der Waals surface area contributed by atoms with Gasteiger partial charge in [-0.15, -0.1) is 0 Å². The van der Waals surface area contributed by atoms with Crippen molar-refractivity contribution in [3.63, 3.8) is 0 Å². The molecule has 1 saturated heterocycles. The quantitative estimate of drug-likeness (QED) is 0.785. The first-order chi connectivity index (χ1) is 10.0. The minimum Gasteiger partial charge on any atom is -0.378 e. The van der Waals surface area contributed by atoms with Gasteiger partial charge in [-0.05, 0) is 33.1 Å². The minimum absolute atomic E-state index is 0.487. The van der Waals surface area contributed by atoms with Gasteiger partial charge >= 0.3 is 6.18 Å². The van der Waals surface area contributed by atoms with Crippen molar-refractivity contribution in [3.05, 3.63) is 0 Å². The first-order valence-electron chi connectivity index (χ1n) is 7.07. The van der Waals surface area contributed by atoms with Gasteiger partial charge in [-0.25, -0.2) is 0 Å². The van der Waals surface area contributed by atoms with Crippen LogP contribution in [0, 0.1) is 0 Å². The molecule has 1 fully saturated rings. The Morgan fingerprint density at radius 1 is 1.05 bits per heavy atom. The third-order valence-electron chi connectivity index (χ3n) is 3.75. The maximum Gasteiger partial charge on any atom is 0.391 e. The van der Waals surface area contributed by atoms with E-state index in [1.165, 1.54) is 28.3 Å². The highest BCUT2D eigenvalue weighted by atomic mass is 19.4. The fourth-order valence-corrected chi connectivity index (χ4v) is 1.87. The summed E-state index contributed by atoms with van der Waals surface area (Å²) in [5.41, 5.74) is 0. The van der Waals surface area contributed by atoms with Crippen LogP contribution in [0.5, 0.6) is 0 Å². The molecule has 22 heavy (non-hydrogen) atoms. The average Bonchev–Trinajstić information content (AvgIpc) is 2.46. The Kier molecular flexibility index (Phi) is 8.86. The van der Waals surface area contributed by atoms with E-state index in [0.29, 0.717) is 13.0 Å². The monoisotopic (exact) mass is 332 g/mol. The lowest BCUT2D eigenvalue weighted by Crippen LogP contribution is -2.54. The summed E-state index contributed by atoms with van der Waals surface area (Å²) in [6.07, 6.45) is -3.12. The fraction of sp³-hybridized carbons (Fsp3) is 1.00. The maximum atomic E-state index is 11.8. The number of ether oxygens (including phenoxy) is 4. The molecule has 2 atom stereocenters. The summed E-state index contributed by atoms with van der Waals surface area (Å²) < 4.78 is 54.9. The summed E-state index contributed by atoms with van der Waals surface area (Å²) in [6, 6.07) is 0. The van der Waals surface area contributed by atoms with E-state index in [1.54, 1.807) is 6.92 Å². The van der Waals surface area contributed by atoms with Crippen LogP contribution in [0.1, 0.15) is 39.5 Å². The smallest absolute Gasteiger partial charge is 0.378 e. The zero-order valence-electron chi connectivity index (χ0n) is 13.8. The second-order valence-electron chi connectivity index (χ2n) is 5.35. The second kappa shape index (κ2) is 9.02. The number of hydrogen-bond acceptors (Lipinski definition) is 5. The molecule has 0 spiro atoms. The van der Waals surface area contributed by atoms with Crippen LogP contribution in [0.2, 0.25) is 0 Å². The Morgan fingerprint density at radius 3 is 1.86 bits per heavy atom. The number of aliphatic hydroxyl groups is 1. The molecule has 0 aromatic rings. The van der Waals surface area contributed by atoms with Gasteiger partial charge in [-0.1, -0.05) is 0 Å². The van der Waals surface area contributed by atoms with E-state index < -0.39 is 30.3 Å². The Hall–Kier alpha value is -0.410. The van der Waals surface area contributed by atoms with Crippen molar-refractivity contribution in [1.82, 2.24) is 0 Å². The average molecular weight is 332 g/mol. The van der Waals surface area contributed by atoms with Gasteiger partial charge in [0.25, 0.3) is 0 Å². The molecule has 1 aliphatic heterocycles. The van der Waals surface area contributed by atoms with Crippen LogP contribution in [0.4, 0.5) is 13.2 Å². The first-order valence-corrected chi connectivity index (χ1v) is 7.07. The van der Waals surface area contributed by atoms with Crippen molar-refractivity contribution in [3.8, 4) is 0 Å². The summed E-state index contributed by atoms with van der Waals surface area (Å²) >= 11 is 0. The second-order valence-corrected chi connectivity index (χ2v) is 5.35. The summed E-state index contributed by atoms with van der Waals surface area (Å²) in [4.78, 5) is 0. The van der Waals surface area contributed by atoms with Crippen LogP contribution in [-0.4, -0.2) is 56.9 Å². The van der Waals surface area contributed by atoms with E-state index in [2.05, 4.69) is 0 Å². The van der Waals surface area contributed by atoms with Crippen molar-refractivity contribution in [2.24, 2.45) is 0 Å². The van der Waals surface area contributed by atoms with Crippen LogP contribution in [-0.2, 0) is 18.9 Å². The molecular formula is C14H27F3O5. The summed E-state index contributed by atoms with van der Waals surface area (Å²) in [5, 5.41) is 9.57. The van der Waals surface area contributed by atoms with Gasteiger partial charge in [0.2, 0.25) is 11.6 Å². The number of alkyl halides is 3. The van der Waals surface area contributed by atoms with Crippen LogP contribution in [0.3, 0.4) is 0 Å². The lowest BCUT2D eigenvalue weighted by Gasteiger charge is -2.38. The van der Waals surface area contributed by atoms with Crippen LogP contribution in [0.25, 0.3) is 0 Å². The third kappa shape index (κ3) is 7.23. The van der Waals surface area contributed by atoms with Crippen molar-refractivity contribution in [2.45, 2.75) is 63.4 Å². The number of hydrogen-bond donors (Lipinski definition) is 1. The lowest BCUT2D eigenvalue weighted by molar-refractivity contribution is -0.364. The van der Waals surface area contributed by atoms with E-state index in [0.717, 1.165) is 12.8 Å². The molecule has 1 rings (SSSR count). The number of rotatable bonds is 5. The lowest BCUT2D eigenvalue weighted by atomic mass is 10.1. The Balaban J connectivity index is 0.000000401. The predicted octanol–water partition coefficient (Wildman–Crippen LogP) is 2.86. The van der Waals surface area contributed by atoms with Crippen LogP contribution < -0.4 is 0 Å². The zero-order chi connectivity index (χ0) is 17.4. The van der Waals surface area contributed by atoms with E-state index in [9.17, 15) is 18.3 Å². The topological polar surface area (TPSA) is 57.2 Å². The molecular weight excluding hydrogens is 305 g/mol. The number of halogens is 3. The Labute approximate surface area is 129 Å². The molecule has 0 saturated carbocycles. The predicted molar refractivity (Wildman–Crippen MR) is 74.3 cm³/mol. The highest BCUT2D eigenvalue weighted by molar-refractivity contribution is 4.77. The van der Waals surface area contributed by atoms with Crippen molar-refractivity contribution >= 4 is 0 Å². The van der Waals surface area contributed by atoms with Crippen molar-refractivity contribution in [2.75, 3.05) is 27.9 Å². The summed E-state index contributed by atoms with van der Waals surface area (Å²) in [6.45, 7) is 3.55. The van der Waals surface area contributed by atoms with E-state index in [1.807, 2.05) is 0 Å². The molecule has 8 heteroatoms. The van der Waals surface area contributed by atoms with Gasteiger partial charge in [0.05, 0.1) is 12.5 Å². The molecule has 2 unspecified atom stereocenters. The Morgan fingerprint density at radius 2 is 1.59 bits per heavy atom. The molecule has 0 radical (unpaired) electrons. The Bertz CT molecular complexity index is 297. The molecule has 0 aromatic heterocycles. The molecule has 0 bridgehead atoms. The highest BCUT2D eigenvalue weighted by Crippen LogP contribution is 2.27. The molecule has 0 aromatic carbocycles. The van der Waals surface area contributed by atoms with E-state index in [4.69, 9.17) is 18.9 Å². The van der Waals surface area contributed by atoms with E-state index >= 15 is 0 Å². The van der Waals surface area contributed by atoms with Crippen LogP contribution >= 0.6 is 0 Å². The molecule has 0 aliphatic carbocycles. The van der Waals surface area contributed by atoms with E-state index in [-0.39, 0.29) is 0 Å². The molecule has 0 amide bonds. The zero-order valence-corrected chi connectivity index (χ0v) is 13.8. The maximum absolute atomic E-state index is 11.8. The van der Waals surface area contributed by atoms with Crippen molar-refractivity contribution in [1.29, 1.82) is 0 Å². The molecule has 5 nitrogen and oxygen atoms in total. The van der Waals surface area contributed by atoms with Gasteiger partial charge in [0.15, 0.2) is 0 Å². The van der Waals surface area contributed by atoms with Gasteiger partial charge in [-0.2, -0.15) is 13.2 Å². The fourth-order valence-electron chi connectivity index (χ4n) is 1.87. The normalized spacial score (nSPS) is 22.5. The van der Waals surface area contributed by atoms with Crippen LogP contribution in [0.15, 0.2) is 0 Å². The number of methoxy groups -OCH3 is 3. The SMILES string of the molecule is COC(C)(O)C(C)(OC)OC.FC(F)(F)CC1CCCCO1. The highest BCUT2D eigenvalue weighted by Gasteiger charge is 2.44.